The SMILES string of the molecule is CCn1nc(C)c(CN2CCC(c3[nH]ncc3-c3cccc(C(F)(F)F)c3)CC2)c1C. The lowest BCUT2D eigenvalue weighted by Gasteiger charge is -2.32. The molecule has 3 aromatic rings. The molecular formula is C23H28F3N5. The molecule has 31 heavy (non-hydrogen) atoms. The van der Waals surface area contributed by atoms with Crippen LogP contribution in [0.3, 0.4) is 0 Å². The van der Waals surface area contributed by atoms with Crippen molar-refractivity contribution in [2.24, 2.45) is 0 Å². The quantitative estimate of drug-likeness (QED) is 0.596. The van der Waals surface area contributed by atoms with E-state index in [-0.39, 0.29) is 5.92 Å². The molecule has 2 aromatic heterocycles. The zero-order chi connectivity index (χ0) is 22.2. The number of rotatable bonds is 5. The molecule has 0 aliphatic carbocycles. The standard InChI is InChI=1S/C23H28F3N5/c1-4-31-16(3)21(15(2)29-31)14-30-10-8-17(9-11-30)22-20(13-27-28-22)18-6-5-7-19(12-18)23(24,25)26/h5-7,12-13,17H,4,8-11,14H2,1-3H3,(H,27,28). The predicted octanol–water partition coefficient (Wildman–Crippen LogP) is 5.31. The van der Waals surface area contributed by atoms with Crippen LogP contribution in [0.2, 0.25) is 0 Å². The molecular weight excluding hydrogens is 403 g/mol. The van der Waals surface area contributed by atoms with Crippen LogP contribution in [0.15, 0.2) is 30.5 Å². The number of halogens is 3. The monoisotopic (exact) mass is 431 g/mol. The molecule has 1 aliphatic rings. The van der Waals surface area contributed by atoms with E-state index < -0.39 is 11.7 Å². The first kappa shape index (κ1) is 21.6. The summed E-state index contributed by atoms with van der Waals surface area (Å²) in [6.07, 6.45) is -0.835. The zero-order valence-electron chi connectivity index (χ0n) is 18.1. The molecule has 1 N–H and O–H groups in total. The van der Waals surface area contributed by atoms with Crippen LogP contribution in [-0.2, 0) is 19.3 Å². The third kappa shape index (κ3) is 4.39. The molecule has 1 saturated heterocycles. The smallest absolute Gasteiger partial charge is 0.299 e. The summed E-state index contributed by atoms with van der Waals surface area (Å²) < 4.78 is 41.4. The Morgan fingerprint density at radius 1 is 1.16 bits per heavy atom. The molecule has 3 heterocycles. The Kier molecular flexibility index (Phi) is 5.92. The summed E-state index contributed by atoms with van der Waals surface area (Å²) in [5.74, 6) is 0.254. The number of piperidine rings is 1. The average Bonchev–Trinajstić information content (AvgIpc) is 3.34. The summed E-state index contributed by atoms with van der Waals surface area (Å²) in [6.45, 7) is 9.90. The van der Waals surface area contributed by atoms with Crippen LogP contribution < -0.4 is 0 Å². The fraction of sp³-hybridized carbons (Fsp3) is 0.478. The van der Waals surface area contributed by atoms with Gasteiger partial charge < -0.3 is 0 Å². The van der Waals surface area contributed by atoms with Crippen molar-refractivity contribution >= 4 is 0 Å². The Morgan fingerprint density at radius 3 is 2.55 bits per heavy atom. The first-order valence-corrected chi connectivity index (χ1v) is 10.7. The number of benzene rings is 1. The van der Waals surface area contributed by atoms with Gasteiger partial charge in [-0.05, 0) is 64.4 Å². The normalized spacial score (nSPS) is 16.2. The highest BCUT2D eigenvalue weighted by Crippen LogP contribution is 2.37. The van der Waals surface area contributed by atoms with Gasteiger partial charge in [0.1, 0.15) is 0 Å². The molecule has 0 atom stereocenters. The number of H-pyrrole nitrogens is 1. The minimum atomic E-state index is -4.35. The van der Waals surface area contributed by atoms with E-state index in [1.165, 1.54) is 23.4 Å². The highest BCUT2D eigenvalue weighted by Gasteiger charge is 2.31. The minimum absolute atomic E-state index is 0.254. The minimum Gasteiger partial charge on any atom is -0.299 e. The second-order valence-electron chi connectivity index (χ2n) is 8.29. The summed E-state index contributed by atoms with van der Waals surface area (Å²) in [5.41, 5.74) is 5.23. The van der Waals surface area contributed by atoms with Gasteiger partial charge in [-0.25, -0.2) is 0 Å². The Bertz CT molecular complexity index is 1040. The van der Waals surface area contributed by atoms with E-state index in [4.69, 9.17) is 0 Å². The molecule has 4 rings (SSSR count). The van der Waals surface area contributed by atoms with E-state index in [1.807, 2.05) is 4.68 Å². The Morgan fingerprint density at radius 2 is 1.90 bits per heavy atom. The molecule has 1 fully saturated rings. The van der Waals surface area contributed by atoms with Crippen LogP contribution in [0.5, 0.6) is 0 Å². The number of nitrogens with one attached hydrogen (secondary N) is 1. The number of aromatic nitrogens is 4. The number of nitrogens with zero attached hydrogens (tertiary/aromatic N) is 4. The van der Waals surface area contributed by atoms with Gasteiger partial charge in [0.2, 0.25) is 0 Å². The summed E-state index contributed by atoms with van der Waals surface area (Å²) in [6, 6.07) is 5.49. The molecule has 5 nitrogen and oxygen atoms in total. The molecule has 0 bridgehead atoms. The van der Waals surface area contributed by atoms with Gasteiger partial charge in [-0.1, -0.05) is 12.1 Å². The number of alkyl halides is 3. The number of aryl methyl sites for hydroxylation is 2. The highest BCUT2D eigenvalue weighted by molar-refractivity contribution is 5.66. The summed E-state index contributed by atoms with van der Waals surface area (Å²) in [7, 11) is 0. The number of hydrogen-bond donors (Lipinski definition) is 1. The lowest BCUT2D eigenvalue weighted by molar-refractivity contribution is -0.137. The predicted molar refractivity (Wildman–Crippen MR) is 114 cm³/mol. The Hall–Kier alpha value is -2.61. The molecule has 0 radical (unpaired) electrons. The van der Waals surface area contributed by atoms with Crippen molar-refractivity contribution in [2.45, 2.75) is 58.8 Å². The van der Waals surface area contributed by atoms with Crippen LogP contribution in [-0.4, -0.2) is 38.0 Å². The second kappa shape index (κ2) is 8.49. The number of likely N-dealkylation sites (tertiary alicyclic amines) is 1. The van der Waals surface area contributed by atoms with Gasteiger partial charge in [0.15, 0.2) is 0 Å². The molecule has 0 saturated carbocycles. The van der Waals surface area contributed by atoms with Crippen LogP contribution in [0.4, 0.5) is 13.2 Å². The van der Waals surface area contributed by atoms with Crippen molar-refractivity contribution in [3.8, 4) is 11.1 Å². The van der Waals surface area contributed by atoms with E-state index in [9.17, 15) is 13.2 Å². The van der Waals surface area contributed by atoms with Crippen molar-refractivity contribution in [3.05, 3.63) is 58.7 Å². The van der Waals surface area contributed by atoms with Crippen molar-refractivity contribution in [3.63, 3.8) is 0 Å². The maximum atomic E-state index is 13.1. The topological polar surface area (TPSA) is 49.7 Å². The third-order valence-electron chi connectivity index (χ3n) is 6.38. The van der Waals surface area contributed by atoms with Crippen LogP contribution >= 0.6 is 0 Å². The molecule has 8 heteroatoms. The van der Waals surface area contributed by atoms with Gasteiger partial charge in [-0.2, -0.15) is 23.4 Å². The number of hydrogen-bond acceptors (Lipinski definition) is 3. The van der Waals surface area contributed by atoms with E-state index in [1.54, 1.807) is 12.3 Å². The maximum Gasteiger partial charge on any atom is 0.416 e. The molecule has 0 amide bonds. The summed E-state index contributed by atoms with van der Waals surface area (Å²) >= 11 is 0. The Labute approximate surface area is 180 Å². The van der Waals surface area contributed by atoms with Gasteiger partial charge in [0, 0.05) is 41.5 Å². The van der Waals surface area contributed by atoms with Crippen molar-refractivity contribution in [1.29, 1.82) is 0 Å². The largest absolute Gasteiger partial charge is 0.416 e. The summed E-state index contributed by atoms with van der Waals surface area (Å²) in [4.78, 5) is 2.44. The molecule has 0 spiro atoms. The fourth-order valence-electron chi connectivity index (χ4n) is 4.57. The Balaban J connectivity index is 1.46. The van der Waals surface area contributed by atoms with Crippen molar-refractivity contribution in [1.82, 2.24) is 24.9 Å². The van der Waals surface area contributed by atoms with Crippen LogP contribution in [0.1, 0.15) is 53.9 Å². The van der Waals surface area contributed by atoms with Gasteiger partial charge in [0.05, 0.1) is 17.5 Å². The number of aromatic amines is 1. The van der Waals surface area contributed by atoms with Crippen molar-refractivity contribution in [2.75, 3.05) is 13.1 Å². The summed E-state index contributed by atoms with van der Waals surface area (Å²) in [5, 5.41) is 11.8. The van der Waals surface area contributed by atoms with Crippen LogP contribution in [0, 0.1) is 13.8 Å². The average molecular weight is 432 g/mol. The first-order chi connectivity index (χ1) is 14.8. The lowest BCUT2D eigenvalue weighted by atomic mass is 9.89. The van der Waals surface area contributed by atoms with E-state index in [2.05, 4.69) is 41.0 Å². The van der Waals surface area contributed by atoms with Gasteiger partial charge in [-0.15, -0.1) is 0 Å². The van der Waals surface area contributed by atoms with E-state index >= 15 is 0 Å². The molecule has 1 aliphatic heterocycles. The highest BCUT2D eigenvalue weighted by atomic mass is 19.4. The first-order valence-electron chi connectivity index (χ1n) is 10.7. The zero-order valence-corrected chi connectivity index (χ0v) is 18.1. The maximum absolute atomic E-state index is 13.1. The van der Waals surface area contributed by atoms with E-state index in [0.29, 0.717) is 5.56 Å². The lowest BCUT2D eigenvalue weighted by Crippen LogP contribution is -2.33. The van der Waals surface area contributed by atoms with Gasteiger partial charge >= 0.3 is 6.18 Å². The molecule has 1 aromatic carbocycles. The van der Waals surface area contributed by atoms with Gasteiger partial charge in [0.25, 0.3) is 0 Å². The van der Waals surface area contributed by atoms with Crippen LogP contribution in [0.25, 0.3) is 11.1 Å². The third-order valence-corrected chi connectivity index (χ3v) is 6.38. The van der Waals surface area contributed by atoms with E-state index in [0.717, 1.165) is 62.0 Å². The second-order valence-corrected chi connectivity index (χ2v) is 8.29. The molecule has 166 valence electrons. The fourth-order valence-corrected chi connectivity index (χ4v) is 4.57. The molecule has 0 unspecified atom stereocenters. The van der Waals surface area contributed by atoms with Gasteiger partial charge in [-0.3, -0.25) is 14.7 Å². The van der Waals surface area contributed by atoms with Crippen molar-refractivity contribution < 1.29 is 13.2 Å².